The van der Waals surface area contributed by atoms with Crippen LogP contribution in [0.15, 0.2) is 18.5 Å². The number of nitrogens with one attached hydrogen (secondary N) is 1. The molecule has 0 unspecified atom stereocenters. The van der Waals surface area contributed by atoms with Crippen LogP contribution in [0.25, 0.3) is 11.0 Å². The Morgan fingerprint density at radius 2 is 2.36 bits per heavy atom. The smallest absolute Gasteiger partial charge is 0.0245 e. The summed E-state index contributed by atoms with van der Waals surface area (Å²) < 4.78 is 0. The Hall–Kier alpha value is -0.458. The fourth-order valence-electron chi connectivity index (χ4n) is 0.888. The van der Waals surface area contributed by atoms with Crippen molar-refractivity contribution in [3.63, 3.8) is 0 Å². The Kier molecular flexibility index (Phi) is 2.59. The number of anilines is 1. The van der Waals surface area contributed by atoms with E-state index in [9.17, 15) is 0 Å². The third-order valence-corrected chi connectivity index (χ3v) is 1.35. The molecule has 2 aromatic rings. The fraction of sp³-hybridized carbons (Fsp3) is 0. The van der Waals surface area contributed by atoms with Gasteiger partial charge in [0.1, 0.15) is 0 Å². The normalized spacial score (nSPS) is 9.45. The van der Waals surface area contributed by atoms with Gasteiger partial charge in [0, 0.05) is 43.0 Å². The summed E-state index contributed by atoms with van der Waals surface area (Å²) in [6.45, 7) is 0. The average Bonchev–Trinajstić information content (AvgIpc) is 2.33. The molecule has 2 aromatic heterocycles. The van der Waals surface area contributed by atoms with E-state index in [0.717, 1.165) is 11.0 Å². The van der Waals surface area contributed by atoms with Gasteiger partial charge in [-0.3, -0.25) is 0 Å². The van der Waals surface area contributed by atoms with Gasteiger partial charge in [0.25, 0.3) is 0 Å². The average molecular weight is 370 g/mol. The van der Waals surface area contributed by atoms with E-state index >= 15 is 0 Å². The molecule has 3 nitrogen and oxygen atoms in total. The molecular weight excluding hydrogens is 364 g/mol. The molecule has 2 rings (SSSR count). The molecule has 0 aromatic carbocycles. The topological polar surface area (TPSA) is 54.7 Å². The van der Waals surface area contributed by atoms with Crippen molar-refractivity contribution in [1.82, 2.24) is 9.97 Å². The Balaban J connectivity index is 0.000000605. The molecule has 0 bridgehead atoms. The van der Waals surface area contributed by atoms with Crippen molar-refractivity contribution in [2.45, 2.75) is 0 Å². The molecule has 0 aliphatic carbocycles. The van der Waals surface area contributed by atoms with Gasteiger partial charge in [-0.25, -0.2) is 0 Å². The van der Waals surface area contributed by atoms with Crippen molar-refractivity contribution < 1.29 is 31.1 Å². The van der Waals surface area contributed by atoms with Gasteiger partial charge in [-0.2, -0.15) is 6.07 Å². The molecule has 11 heavy (non-hydrogen) atoms. The van der Waals surface area contributed by atoms with Crippen LogP contribution in [-0.4, -0.2) is 9.97 Å². The third-order valence-electron chi connectivity index (χ3n) is 1.35. The number of fused-ring (bicyclic) bond motifs is 1. The molecular formula is C7H6N3U-. The van der Waals surface area contributed by atoms with Crippen molar-refractivity contribution in [2.75, 3.05) is 5.73 Å². The van der Waals surface area contributed by atoms with E-state index in [1.165, 1.54) is 0 Å². The second-order valence-corrected chi connectivity index (χ2v) is 2.10. The SMILES string of the molecule is Nc1cnc2[nH]c[c-]c2c1.[U]. The van der Waals surface area contributed by atoms with Crippen molar-refractivity contribution in [3.8, 4) is 0 Å². The number of aromatic amines is 1. The molecule has 0 aliphatic rings. The van der Waals surface area contributed by atoms with E-state index in [1.807, 2.05) is 6.07 Å². The maximum atomic E-state index is 5.49. The molecule has 0 radical (unpaired) electrons. The van der Waals surface area contributed by atoms with E-state index in [0.29, 0.717) is 5.69 Å². The van der Waals surface area contributed by atoms with Crippen LogP contribution in [-0.2, 0) is 0 Å². The summed E-state index contributed by atoms with van der Waals surface area (Å²) in [6.07, 6.45) is 3.34. The van der Waals surface area contributed by atoms with Crippen molar-refractivity contribution >= 4 is 16.7 Å². The molecule has 0 spiro atoms. The van der Waals surface area contributed by atoms with Crippen LogP contribution < -0.4 is 5.73 Å². The molecule has 0 aliphatic heterocycles. The summed E-state index contributed by atoms with van der Waals surface area (Å²) in [5, 5.41) is 0.931. The number of nitrogen functional groups attached to an aromatic ring is 1. The maximum absolute atomic E-state index is 5.49. The summed E-state index contributed by atoms with van der Waals surface area (Å²) in [6, 6.07) is 4.79. The molecule has 3 N–H and O–H groups in total. The molecule has 4 heteroatoms. The maximum Gasteiger partial charge on any atom is 0.0245 e. The minimum atomic E-state index is 0. The monoisotopic (exact) mass is 370 g/mol. The first-order valence-corrected chi connectivity index (χ1v) is 2.96. The largest absolute Gasteiger partial charge is 0.410 e. The van der Waals surface area contributed by atoms with Gasteiger partial charge in [0.2, 0.25) is 0 Å². The van der Waals surface area contributed by atoms with Crippen LogP contribution in [0.5, 0.6) is 0 Å². The van der Waals surface area contributed by atoms with Crippen molar-refractivity contribution in [1.29, 1.82) is 0 Å². The van der Waals surface area contributed by atoms with E-state index < -0.39 is 0 Å². The van der Waals surface area contributed by atoms with E-state index in [-0.39, 0.29) is 31.1 Å². The number of pyridine rings is 1. The Morgan fingerprint density at radius 3 is 3.18 bits per heavy atom. The first kappa shape index (κ1) is 8.64. The van der Waals surface area contributed by atoms with Crippen LogP contribution in [0, 0.1) is 37.2 Å². The number of H-pyrrole nitrogens is 1. The van der Waals surface area contributed by atoms with Crippen molar-refractivity contribution in [2.24, 2.45) is 0 Å². The Bertz CT molecular complexity index is 355. The number of hydrogen-bond acceptors (Lipinski definition) is 2. The zero-order chi connectivity index (χ0) is 6.97. The predicted molar refractivity (Wildman–Crippen MR) is 39.3 cm³/mol. The molecule has 0 fully saturated rings. The van der Waals surface area contributed by atoms with Crippen LogP contribution >= 0.6 is 0 Å². The molecule has 0 amide bonds. The molecule has 0 atom stereocenters. The fourth-order valence-corrected chi connectivity index (χ4v) is 0.888. The number of hydrogen-bond donors (Lipinski definition) is 2. The summed E-state index contributed by atoms with van der Waals surface area (Å²) in [7, 11) is 0. The third kappa shape index (κ3) is 1.58. The van der Waals surface area contributed by atoms with E-state index in [2.05, 4.69) is 16.0 Å². The summed E-state index contributed by atoms with van der Waals surface area (Å²) in [5.41, 5.74) is 6.98. The zero-order valence-corrected chi connectivity index (χ0v) is 9.92. The van der Waals surface area contributed by atoms with Gasteiger partial charge in [0.05, 0.1) is 0 Å². The van der Waals surface area contributed by atoms with Gasteiger partial charge in [-0.1, -0.05) is 6.20 Å². The summed E-state index contributed by atoms with van der Waals surface area (Å²) in [4.78, 5) is 6.95. The van der Waals surface area contributed by atoms with Gasteiger partial charge in [-0.15, -0.1) is 11.5 Å². The van der Waals surface area contributed by atoms with Crippen molar-refractivity contribution in [3.05, 3.63) is 24.5 Å². The number of nitrogens with two attached hydrogens (primary N) is 1. The van der Waals surface area contributed by atoms with Gasteiger partial charge in [0.15, 0.2) is 0 Å². The van der Waals surface area contributed by atoms with Crippen LogP contribution in [0.3, 0.4) is 0 Å². The number of nitrogens with zero attached hydrogens (tertiary/aromatic N) is 1. The van der Waals surface area contributed by atoms with E-state index in [1.54, 1.807) is 12.4 Å². The number of rotatable bonds is 0. The summed E-state index contributed by atoms with van der Waals surface area (Å²) in [5.74, 6) is 0. The first-order valence-electron chi connectivity index (χ1n) is 2.96. The van der Waals surface area contributed by atoms with Crippen LogP contribution in [0.1, 0.15) is 0 Å². The van der Waals surface area contributed by atoms with Crippen LogP contribution in [0.4, 0.5) is 5.69 Å². The van der Waals surface area contributed by atoms with Crippen LogP contribution in [0.2, 0.25) is 0 Å². The van der Waals surface area contributed by atoms with Gasteiger partial charge in [-0.05, 0) is 5.69 Å². The Labute approximate surface area is 87.8 Å². The molecule has 54 valence electrons. The second-order valence-electron chi connectivity index (χ2n) is 2.10. The second kappa shape index (κ2) is 3.29. The van der Waals surface area contributed by atoms with E-state index in [4.69, 9.17) is 5.73 Å². The standard InChI is InChI=1S/C7H6N3.U/c8-6-3-5-1-2-9-7(5)10-4-6;/h2-4H,8H2,(H,9,10);/q-1;. The Morgan fingerprint density at radius 1 is 1.55 bits per heavy atom. The predicted octanol–water partition coefficient (Wildman–Crippen LogP) is 0.945. The molecule has 0 saturated heterocycles. The zero-order valence-electron chi connectivity index (χ0n) is 5.76. The minimum Gasteiger partial charge on any atom is -0.410 e. The minimum absolute atomic E-state index is 0. The van der Waals surface area contributed by atoms with Gasteiger partial charge < -0.3 is 15.7 Å². The quantitative estimate of drug-likeness (QED) is 0.679. The van der Waals surface area contributed by atoms with Gasteiger partial charge >= 0.3 is 0 Å². The first-order chi connectivity index (χ1) is 4.86. The number of aromatic nitrogens is 2. The molecule has 2 heterocycles. The summed E-state index contributed by atoms with van der Waals surface area (Å²) >= 11 is 0. The molecule has 0 saturated carbocycles.